The van der Waals surface area contributed by atoms with Crippen LogP contribution in [0, 0.1) is 0 Å². The molecule has 0 aliphatic carbocycles. The summed E-state index contributed by atoms with van der Waals surface area (Å²) in [6.45, 7) is 0.414. The van der Waals surface area contributed by atoms with Gasteiger partial charge in [-0.1, -0.05) is 53.5 Å². The molecular weight excluding hydrogens is 435 g/mol. The monoisotopic (exact) mass is 448 g/mol. The fraction of sp³-hybridized carbons (Fsp3) is 0.100. The number of hydrogen-bond donors (Lipinski definition) is 1. The third-order valence-electron chi connectivity index (χ3n) is 3.96. The summed E-state index contributed by atoms with van der Waals surface area (Å²) in [5.41, 5.74) is 2.43. The van der Waals surface area contributed by atoms with Gasteiger partial charge in [0.15, 0.2) is 0 Å². The van der Waals surface area contributed by atoms with Gasteiger partial charge in [0.05, 0.1) is 10.0 Å². The summed E-state index contributed by atoms with van der Waals surface area (Å²) in [7, 11) is 0. The Labute approximate surface area is 170 Å². The zero-order valence-corrected chi connectivity index (χ0v) is 16.7. The van der Waals surface area contributed by atoms with Gasteiger partial charge in [0.1, 0.15) is 0 Å². The number of nitrogens with one attached hydrogen (secondary N) is 1. The Morgan fingerprint density at radius 2 is 1.81 bits per heavy atom. The first-order valence-corrected chi connectivity index (χ1v) is 9.49. The summed E-state index contributed by atoms with van der Waals surface area (Å²) < 4.78 is 0.910. The normalized spacial score (nSPS) is 11.8. The average Bonchev–Trinajstić information content (AvgIpc) is 2.66. The molecule has 0 radical (unpaired) electrons. The van der Waals surface area contributed by atoms with Crippen LogP contribution in [-0.2, 0) is 0 Å². The number of pyridine rings is 1. The smallest absolute Gasteiger partial charge is 0.251 e. The minimum atomic E-state index is -0.207. The molecule has 1 amide bonds. The molecule has 1 N–H and O–H groups in total. The number of benzene rings is 2. The minimum Gasteiger partial charge on any atom is -0.351 e. The van der Waals surface area contributed by atoms with Crippen LogP contribution in [0.15, 0.2) is 71.3 Å². The van der Waals surface area contributed by atoms with Crippen molar-refractivity contribution in [3.05, 3.63) is 98.2 Å². The van der Waals surface area contributed by atoms with E-state index in [0.717, 1.165) is 15.7 Å². The number of halogens is 3. The lowest BCUT2D eigenvalue weighted by atomic mass is 9.95. The topological polar surface area (TPSA) is 42.0 Å². The molecular formula is C20H15BrCl2N2O. The second-order valence-electron chi connectivity index (χ2n) is 5.70. The van der Waals surface area contributed by atoms with Crippen LogP contribution in [0.3, 0.4) is 0 Å². The van der Waals surface area contributed by atoms with Crippen molar-refractivity contribution in [3.63, 3.8) is 0 Å². The molecule has 0 saturated carbocycles. The second-order valence-corrected chi connectivity index (χ2v) is 7.43. The summed E-state index contributed by atoms with van der Waals surface area (Å²) in [6, 6.07) is 18.7. The van der Waals surface area contributed by atoms with Gasteiger partial charge in [-0.25, -0.2) is 0 Å². The van der Waals surface area contributed by atoms with Crippen molar-refractivity contribution < 1.29 is 4.79 Å². The fourth-order valence-corrected chi connectivity index (χ4v) is 3.14. The third-order valence-corrected chi connectivity index (χ3v) is 5.17. The molecule has 0 spiro atoms. The lowest BCUT2D eigenvalue weighted by Crippen LogP contribution is -2.29. The van der Waals surface area contributed by atoms with Crippen molar-refractivity contribution in [3.8, 4) is 0 Å². The number of carbonyl (C=O) groups is 1. The number of carbonyl (C=O) groups excluding carboxylic acids is 1. The zero-order chi connectivity index (χ0) is 18.5. The Hall–Kier alpha value is -1.88. The number of amides is 1. The van der Waals surface area contributed by atoms with Crippen LogP contribution < -0.4 is 5.32 Å². The van der Waals surface area contributed by atoms with Crippen LogP contribution in [0.4, 0.5) is 0 Å². The van der Waals surface area contributed by atoms with E-state index in [2.05, 4.69) is 26.2 Å². The lowest BCUT2D eigenvalue weighted by Gasteiger charge is -2.18. The second kappa shape index (κ2) is 8.67. The molecule has 0 bridgehead atoms. The minimum absolute atomic E-state index is 0.0592. The van der Waals surface area contributed by atoms with E-state index in [1.54, 1.807) is 24.4 Å². The van der Waals surface area contributed by atoms with Gasteiger partial charge < -0.3 is 5.32 Å². The number of rotatable bonds is 5. The molecule has 0 aliphatic rings. The first-order valence-electron chi connectivity index (χ1n) is 7.94. The molecule has 0 saturated heterocycles. The summed E-state index contributed by atoms with van der Waals surface area (Å²) in [6.07, 6.45) is 1.76. The maximum atomic E-state index is 12.5. The van der Waals surface area contributed by atoms with Gasteiger partial charge in [0, 0.05) is 34.4 Å². The van der Waals surface area contributed by atoms with Crippen molar-refractivity contribution in [1.29, 1.82) is 0 Å². The molecule has 1 heterocycles. The van der Waals surface area contributed by atoms with Crippen molar-refractivity contribution in [2.24, 2.45) is 0 Å². The first-order chi connectivity index (χ1) is 12.5. The van der Waals surface area contributed by atoms with Gasteiger partial charge in [-0.05, 0) is 51.8 Å². The largest absolute Gasteiger partial charge is 0.351 e. The van der Waals surface area contributed by atoms with Crippen LogP contribution in [0.1, 0.15) is 27.5 Å². The quantitative estimate of drug-likeness (QED) is 0.541. The van der Waals surface area contributed by atoms with E-state index in [1.165, 1.54) is 0 Å². The van der Waals surface area contributed by atoms with Gasteiger partial charge in [0.25, 0.3) is 5.91 Å². The van der Waals surface area contributed by atoms with E-state index in [-0.39, 0.29) is 11.8 Å². The van der Waals surface area contributed by atoms with Crippen LogP contribution in [0.25, 0.3) is 0 Å². The number of hydrogen-bond acceptors (Lipinski definition) is 2. The molecule has 26 heavy (non-hydrogen) atoms. The van der Waals surface area contributed by atoms with E-state index < -0.39 is 0 Å². The summed E-state index contributed by atoms with van der Waals surface area (Å²) >= 11 is 15.3. The van der Waals surface area contributed by atoms with Gasteiger partial charge in [-0.3, -0.25) is 9.78 Å². The Balaban J connectivity index is 1.80. The highest BCUT2D eigenvalue weighted by Crippen LogP contribution is 2.25. The van der Waals surface area contributed by atoms with Crippen LogP contribution in [0.2, 0.25) is 10.0 Å². The molecule has 3 aromatic rings. The summed E-state index contributed by atoms with van der Waals surface area (Å²) in [4.78, 5) is 17.0. The molecule has 6 heteroatoms. The molecule has 1 atom stereocenters. The predicted molar refractivity (Wildman–Crippen MR) is 109 cm³/mol. The number of aromatic nitrogens is 1. The maximum Gasteiger partial charge on any atom is 0.251 e. The fourth-order valence-electron chi connectivity index (χ4n) is 2.61. The molecule has 2 aromatic carbocycles. The molecule has 1 aromatic heterocycles. The van der Waals surface area contributed by atoms with E-state index in [4.69, 9.17) is 23.2 Å². The Bertz CT molecular complexity index is 901. The van der Waals surface area contributed by atoms with Crippen LogP contribution in [0.5, 0.6) is 0 Å². The Morgan fingerprint density at radius 1 is 1.04 bits per heavy atom. The van der Waals surface area contributed by atoms with Crippen molar-refractivity contribution >= 4 is 45.0 Å². The molecule has 0 aliphatic heterocycles. The lowest BCUT2D eigenvalue weighted by molar-refractivity contribution is 0.0952. The maximum absolute atomic E-state index is 12.5. The molecule has 3 rings (SSSR count). The van der Waals surface area contributed by atoms with Crippen molar-refractivity contribution in [1.82, 2.24) is 10.3 Å². The Kier molecular flexibility index (Phi) is 6.30. The first kappa shape index (κ1) is 18.9. The number of nitrogens with zero attached hydrogens (tertiary/aromatic N) is 1. The van der Waals surface area contributed by atoms with E-state index >= 15 is 0 Å². The van der Waals surface area contributed by atoms with Crippen molar-refractivity contribution in [2.75, 3.05) is 6.54 Å². The van der Waals surface area contributed by atoms with Gasteiger partial charge in [0.2, 0.25) is 0 Å². The third kappa shape index (κ3) is 4.64. The highest BCUT2D eigenvalue weighted by molar-refractivity contribution is 9.10. The van der Waals surface area contributed by atoms with Gasteiger partial charge >= 0.3 is 0 Å². The zero-order valence-electron chi connectivity index (χ0n) is 13.6. The molecule has 3 nitrogen and oxygen atoms in total. The SMILES string of the molecule is O=C(NC[C@H](c1ccccc1)c1ccc(Br)cn1)c1ccc(Cl)c(Cl)c1. The van der Waals surface area contributed by atoms with Gasteiger partial charge in [-0.2, -0.15) is 0 Å². The molecule has 0 unspecified atom stereocenters. The standard InChI is InChI=1S/C20H15BrCl2N2O/c21-15-7-9-19(24-11-15)16(13-4-2-1-3-5-13)12-25-20(26)14-6-8-17(22)18(23)10-14/h1-11,16H,12H2,(H,25,26)/t16-/m1/s1. The highest BCUT2D eigenvalue weighted by Gasteiger charge is 2.17. The van der Waals surface area contributed by atoms with Gasteiger partial charge in [-0.15, -0.1) is 0 Å². The molecule has 132 valence electrons. The summed E-state index contributed by atoms with van der Waals surface area (Å²) in [5, 5.41) is 3.74. The Morgan fingerprint density at radius 3 is 2.46 bits per heavy atom. The molecule has 0 fully saturated rings. The summed E-state index contributed by atoms with van der Waals surface area (Å²) in [5.74, 6) is -0.266. The van der Waals surface area contributed by atoms with E-state index in [9.17, 15) is 4.79 Å². The van der Waals surface area contributed by atoms with Crippen LogP contribution >= 0.6 is 39.1 Å². The average molecular weight is 450 g/mol. The van der Waals surface area contributed by atoms with Crippen LogP contribution in [-0.4, -0.2) is 17.4 Å². The highest BCUT2D eigenvalue weighted by atomic mass is 79.9. The van der Waals surface area contributed by atoms with E-state index in [0.29, 0.717) is 22.2 Å². The van der Waals surface area contributed by atoms with E-state index in [1.807, 2.05) is 42.5 Å². The van der Waals surface area contributed by atoms with Crippen molar-refractivity contribution in [2.45, 2.75) is 5.92 Å². The predicted octanol–water partition coefficient (Wildman–Crippen LogP) is 5.71.